The summed E-state index contributed by atoms with van der Waals surface area (Å²) >= 11 is 0. The van der Waals surface area contributed by atoms with Crippen molar-refractivity contribution in [3.63, 3.8) is 0 Å². The minimum Gasteiger partial charge on any atom is -0.322 e. The number of hydrogen-bond acceptors (Lipinski definition) is 5. The van der Waals surface area contributed by atoms with E-state index in [-0.39, 0.29) is 16.8 Å². The Balaban J connectivity index is 1.72. The Labute approximate surface area is 157 Å². The quantitative estimate of drug-likeness (QED) is 0.706. The largest absolute Gasteiger partial charge is 0.322 e. The molecule has 27 heavy (non-hydrogen) atoms. The molecule has 0 spiro atoms. The van der Waals surface area contributed by atoms with Gasteiger partial charge in [-0.2, -0.15) is 0 Å². The maximum Gasteiger partial charge on any atom is 0.264 e. The van der Waals surface area contributed by atoms with E-state index in [1.165, 1.54) is 30.5 Å². The van der Waals surface area contributed by atoms with E-state index in [1.54, 1.807) is 25.1 Å². The summed E-state index contributed by atoms with van der Waals surface area (Å²) in [6.07, 6.45) is 1.48. The molecule has 8 heteroatoms. The number of hydrogen-bond donors (Lipinski definition) is 2. The fraction of sp³-hybridized carbons (Fsp3) is 0.105. The van der Waals surface area contributed by atoms with Crippen molar-refractivity contribution in [2.24, 2.45) is 0 Å². The van der Waals surface area contributed by atoms with Gasteiger partial charge in [0, 0.05) is 23.1 Å². The zero-order valence-corrected chi connectivity index (χ0v) is 15.6. The normalized spacial score (nSPS) is 11.0. The van der Waals surface area contributed by atoms with Crippen molar-refractivity contribution in [3.8, 4) is 0 Å². The first kappa shape index (κ1) is 18.5. The molecule has 0 aliphatic heterocycles. The summed E-state index contributed by atoms with van der Waals surface area (Å²) in [5, 5.41) is 2.73. The summed E-state index contributed by atoms with van der Waals surface area (Å²) in [5.74, 6) is -0.261. The Bertz CT molecular complexity index is 1060. The van der Waals surface area contributed by atoms with Gasteiger partial charge in [0.15, 0.2) is 0 Å². The zero-order valence-electron chi connectivity index (χ0n) is 14.8. The molecule has 0 radical (unpaired) electrons. The summed E-state index contributed by atoms with van der Waals surface area (Å²) < 4.78 is 27.2. The van der Waals surface area contributed by atoms with Crippen LogP contribution in [-0.4, -0.2) is 24.3 Å². The van der Waals surface area contributed by atoms with Crippen LogP contribution in [0.4, 0.5) is 11.6 Å². The van der Waals surface area contributed by atoms with E-state index in [4.69, 9.17) is 0 Å². The molecule has 0 unspecified atom stereocenters. The number of carbonyl (C=O) groups excluding carboxylic acids is 1. The smallest absolute Gasteiger partial charge is 0.264 e. The second kappa shape index (κ2) is 7.55. The van der Waals surface area contributed by atoms with Gasteiger partial charge in [-0.25, -0.2) is 23.1 Å². The summed E-state index contributed by atoms with van der Waals surface area (Å²) in [6, 6.07) is 14.7. The number of nitrogens with one attached hydrogen (secondary N) is 2. The van der Waals surface area contributed by atoms with E-state index in [0.29, 0.717) is 16.9 Å². The van der Waals surface area contributed by atoms with E-state index >= 15 is 0 Å². The van der Waals surface area contributed by atoms with Crippen LogP contribution in [0, 0.1) is 13.8 Å². The van der Waals surface area contributed by atoms with Crippen molar-refractivity contribution in [2.75, 3.05) is 10.0 Å². The van der Waals surface area contributed by atoms with Gasteiger partial charge in [-0.15, -0.1) is 0 Å². The highest BCUT2D eigenvalue weighted by atomic mass is 32.2. The highest BCUT2D eigenvalue weighted by molar-refractivity contribution is 7.92. The van der Waals surface area contributed by atoms with Crippen LogP contribution >= 0.6 is 0 Å². The van der Waals surface area contributed by atoms with Gasteiger partial charge >= 0.3 is 0 Å². The molecule has 0 aliphatic rings. The number of rotatable bonds is 5. The van der Waals surface area contributed by atoms with Gasteiger partial charge in [0.25, 0.3) is 15.9 Å². The van der Waals surface area contributed by atoms with Crippen molar-refractivity contribution in [2.45, 2.75) is 18.7 Å². The van der Waals surface area contributed by atoms with Crippen molar-refractivity contribution in [1.82, 2.24) is 9.97 Å². The number of aromatic nitrogens is 2. The monoisotopic (exact) mass is 382 g/mol. The first-order valence-corrected chi connectivity index (χ1v) is 9.62. The second-order valence-corrected chi connectivity index (χ2v) is 7.65. The van der Waals surface area contributed by atoms with Crippen LogP contribution in [0.25, 0.3) is 0 Å². The Hall–Kier alpha value is -3.26. The highest BCUT2D eigenvalue weighted by Gasteiger charge is 2.16. The molecule has 0 bridgehead atoms. The predicted octanol–water partition coefficient (Wildman–Crippen LogP) is 3.15. The molecule has 3 aromatic rings. The number of carbonyl (C=O) groups is 1. The van der Waals surface area contributed by atoms with Crippen LogP contribution in [-0.2, 0) is 10.0 Å². The third-order valence-corrected chi connectivity index (χ3v) is 5.10. The maximum atomic E-state index is 12.4. The summed E-state index contributed by atoms with van der Waals surface area (Å²) in [7, 11) is -3.82. The summed E-state index contributed by atoms with van der Waals surface area (Å²) in [4.78, 5) is 20.2. The molecule has 1 heterocycles. The number of amides is 1. The van der Waals surface area contributed by atoms with Crippen molar-refractivity contribution in [3.05, 3.63) is 77.6 Å². The zero-order chi connectivity index (χ0) is 19.4. The Morgan fingerprint density at radius 1 is 0.926 bits per heavy atom. The molecule has 0 aliphatic carbocycles. The van der Waals surface area contributed by atoms with Crippen molar-refractivity contribution < 1.29 is 13.2 Å². The molecule has 2 N–H and O–H groups in total. The Morgan fingerprint density at radius 3 is 2.22 bits per heavy atom. The number of sulfonamides is 1. The van der Waals surface area contributed by atoms with Crippen LogP contribution in [0.15, 0.2) is 65.7 Å². The third kappa shape index (κ3) is 4.68. The molecule has 1 amide bonds. The SMILES string of the molecule is Cc1ccc(C(=O)Nc2ccc(S(=O)(=O)Nc3nccc(C)n3)cc2)cc1. The van der Waals surface area contributed by atoms with Crippen molar-refractivity contribution >= 4 is 27.6 Å². The molecule has 0 atom stereocenters. The molecule has 0 saturated heterocycles. The van der Waals surface area contributed by atoms with Gasteiger partial charge in [-0.05, 0) is 56.3 Å². The van der Waals surface area contributed by atoms with Crippen LogP contribution in [0.3, 0.4) is 0 Å². The lowest BCUT2D eigenvalue weighted by Gasteiger charge is -2.09. The van der Waals surface area contributed by atoms with Crippen molar-refractivity contribution in [1.29, 1.82) is 0 Å². The molecular weight excluding hydrogens is 364 g/mol. The van der Waals surface area contributed by atoms with Crippen LogP contribution in [0.1, 0.15) is 21.6 Å². The van der Waals surface area contributed by atoms with Gasteiger partial charge in [0.2, 0.25) is 5.95 Å². The number of anilines is 2. The lowest BCUT2D eigenvalue weighted by molar-refractivity contribution is 0.102. The average molecular weight is 382 g/mol. The fourth-order valence-electron chi connectivity index (χ4n) is 2.30. The van der Waals surface area contributed by atoms with Gasteiger partial charge in [0.1, 0.15) is 0 Å². The molecule has 0 saturated carbocycles. The second-order valence-electron chi connectivity index (χ2n) is 5.97. The third-order valence-electron chi connectivity index (χ3n) is 3.76. The molecule has 1 aromatic heterocycles. The molecule has 7 nitrogen and oxygen atoms in total. The van der Waals surface area contributed by atoms with E-state index < -0.39 is 10.0 Å². The molecular formula is C19H18N4O3S. The Morgan fingerprint density at radius 2 is 1.59 bits per heavy atom. The molecule has 0 fully saturated rings. The van der Waals surface area contributed by atoms with Crippen LogP contribution in [0.2, 0.25) is 0 Å². The van der Waals surface area contributed by atoms with Gasteiger partial charge in [-0.3, -0.25) is 4.79 Å². The molecule has 138 valence electrons. The first-order chi connectivity index (χ1) is 12.8. The maximum absolute atomic E-state index is 12.4. The predicted molar refractivity (Wildman–Crippen MR) is 103 cm³/mol. The lowest BCUT2D eigenvalue weighted by Crippen LogP contribution is -2.15. The van der Waals surface area contributed by atoms with E-state index in [9.17, 15) is 13.2 Å². The number of nitrogens with zero attached hydrogens (tertiary/aromatic N) is 2. The number of aryl methyl sites for hydroxylation is 2. The fourth-order valence-corrected chi connectivity index (χ4v) is 3.25. The topological polar surface area (TPSA) is 101 Å². The summed E-state index contributed by atoms with van der Waals surface area (Å²) in [6.45, 7) is 3.68. The van der Waals surface area contributed by atoms with Gasteiger partial charge < -0.3 is 5.32 Å². The number of benzene rings is 2. The first-order valence-electron chi connectivity index (χ1n) is 8.14. The van der Waals surface area contributed by atoms with E-state index in [2.05, 4.69) is 20.0 Å². The average Bonchev–Trinajstić information content (AvgIpc) is 2.62. The van der Waals surface area contributed by atoms with Gasteiger partial charge in [-0.1, -0.05) is 17.7 Å². The highest BCUT2D eigenvalue weighted by Crippen LogP contribution is 2.17. The molecule has 2 aromatic carbocycles. The van der Waals surface area contributed by atoms with Crippen LogP contribution < -0.4 is 10.0 Å². The lowest BCUT2D eigenvalue weighted by atomic mass is 10.1. The van der Waals surface area contributed by atoms with E-state index in [1.807, 2.05) is 19.1 Å². The molecule has 3 rings (SSSR count). The standard InChI is InChI=1S/C19H18N4O3S/c1-13-3-5-15(6-4-13)18(24)22-16-7-9-17(10-8-16)27(25,26)23-19-20-12-11-14(2)21-19/h3-12H,1-2H3,(H,22,24)(H,20,21,23). The minimum atomic E-state index is -3.82. The minimum absolute atomic E-state index is 0.00625. The van der Waals surface area contributed by atoms with Crippen LogP contribution in [0.5, 0.6) is 0 Å². The van der Waals surface area contributed by atoms with E-state index in [0.717, 1.165) is 5.56 Å². The Kier molecular flexibility index (Phi) is 5.18. The summed E-state index contributed by atoms with van der Waals surface area (Å²) in [5.41, 5.74) is 2.73. The van der Waals surface area contributed by atoms with Gasteiger partial charge in [0.05, 0.1) is 4.90 Å².